The Hall–Kier alpha value is -0.513. The molecular weight excluding hydrogens is 404 g/mol. The lowest BCUT2D eigenvalue weighted by Crippen LogP contribution is -2.51. The van der Waals surface area contributed by atoms with Crippen LogP contribution in [0.25, 0.3) is 0 Å². The van der Waals surface area contributed by atoms with Gasteiger partial charge in [0.05, 0.1) is 24.2 Å². The van der Waals surface area contributed by atoms with Crippen molar-refractivity contribution in [3.8, 4) is 0 Å². The van der Waals surface area contributed by atoms with Crippen molar-refractivity contribution in [3.05, 3.63) is 0 Å². The van der Waals surface area contributed by atoms with E-state index in [2.05, 4.69) is 33.9 Å². The Bertz CT molecular complexity index is 507. The molecule has 0 saturated carbocycles. The van der Waals surface area contributed by atoms with Gasteiger partial charge in [0.25, 0.3) is 0 Å². The molecule has 0 heterocycles. The standard InChI is InChI=1S/C22H46O7Si/c1-15(14-17(26-8)27-9)18(23)19(24)16(29-30(10,11)22(5,6)7)12-13-28-20(25)21(2,3)4/h15-19,23-24H,12-14H2,1-11H3/t15-,16-,18+,19+/m1/s1. The number of esters is 1. The Morgan fingerprint density at radius 1 is 0.967 bits per heavy atom. The highest BCUT2D eigenvalue weighted by Gasteiger charge is 2.42. The van der Waals surface area contributed by atoms with E-state index in [-0.39, 0.29) is 23.5 Å². The maximum Gasteiger partial charge on any atom is 0.311 e. The van der Waals surface area contributed by atoms with E-state index in [9.17, 15) is 15.0 Å². The predicted molar refractivity (Wildman–Crippen MR) is 121 cm³/mol. The topological polar surface area (TPSA) is 94.5 Å². The third-order valence-electron chi connectivity index (χ3n) is 5.90. The van der Waals surface area contributed by atoms with Crippen LogP contribution in [0.15, 0.2) is 0 Å². The maximum atomic E-state index is 12.1. The zero-order chi connectivity index (χ0) is 23.9. The van der Waals surface area contributed by atoms with Crippen LogP contribution in [-0.2, 0) is 23.4 Å². The van der Waals surface area contributed by atoms with Gasteiger partial charge in [0, 0.05) is 27.1 Å². The Kier molecular flexibility index (Phi) is 11.7. The molecule has 0 radical (unpaired) electrons. The number of aliphatic hydroxyl groups excluding tert-OH is 2. The number of ether oxygens (including phenoxy) is 3. The van der Waals surface area contributed by atoms with Crippen LogP contribution in [0.1, 0.15) is 61.3 Å². The fourth-order valence-electron chi connectivity index (χ4n) is 2.63. The third-order valence-corrected chi connectivity index (χ3v) is 10.4. The molecule has 0 aromatic rings. The minimum absolute atomic E-state index is 0.0686. The van der Waals surface area contributed by atoms with E-state index in [1.54, 1.807) is 20.8 Å². The van der Waals surface area contributed by atoms with Crippen LogP contribution in [0.4, 0.5) is 0 Å². The van der Waals surface area contributed by atoms with Crippen molar-refractivity contribution < 1.29 is 33.6 Å². The van der Waals surface area contributed by atoms with Crippen molar-refractivity contribution in [1.29, 1.82) is 0 Å². The second kappa shape index (κ2) is 11.9. The summed E-state index contributed by atoms with van der Waals surface area (Å²) in [6.07, 6.45) is -2.55. The van der Waals surface area contributed by atoms with Gasteiger partial charge in [-0.3, -0.25) is 4.79 Å². The van der Waals surface area contributed by atoms with E-state index in [1.165, 1.54) is 14.2 Å². The first kappa shape index (κ1) is 29.5. The second-order valence-corrected chi connectivity index (χ2v) is 15.4. The fourth-order valence-corrected chi connectivity index (χ4v) is 3.99. The van der Waals surface area contributed by atoms with Crippen molar-refractivity contribution in [1.82, 2.24) is 0 Å². The highest BCUT2D eigenvalue weighted by molar-refractivity contribution is 6.74. The molecule has 30 heavy (non-hydrogen) atoms. The quantitative estimate of drug-likeness (QED) is 0.266. The monoisotopic (exact) mass is 450 g/mol. The van der Waals surface area contributed by atoms with E-state index in [0.717, 1.165) is 0 Å². The lowest BCUT2D eigenvalue weighted by atomic mass is 9.92. The van der Waals surface area contributed by atoms with Gasteiger partial charge in [0.2, 0.25) is 0 Å². The van der Waals surface area contributed by atoms with E-state index < -0.39 is 38.3 Å². The first-order valence-corrected chi connectivity index (χ1v) is 13.7. The molecule has 0 aliphatic rings. The Labute approximate surface area is 184 Å². The molecule has 0 aromatic heterocycles. The predicted octanol–water partition coefficient (Wildman–Crippen LogP) is 3.72. The number of methoxy groups -OCH3 is 2. The highest BCUT2D eigenvalue weighted by atomic mass is 28.4. The van der Waals surface area contributed by atoms with Crippen molar-refractivity contribution in [2.75, 3.05) is 20.8 Å². The van der Waals surface area contributed by atoms with Crippen LogP contribution in [0.2, 0.25) is 18.1 Å². The van der Waals surface area contributed by atoms with Crippen molar-refractivity contribution >= 4 is 14.3 Å². The van der Waals surface area contributed by atoms with Gasteiger partial charge in [0.1, 0.15) is 6.10 Å². The number of carbonyl (C=O) groups is 1. The number of hydrogen-bond donors (Lipinski definition) is 2. The van der Waals surface area contributed by atoms with Crippen LogP contribution in [0, 0.1) is 11.3 Å². The summed E-state index contributed by atoms with van der Waals surface area (Å²) in [5, 5.41) is 21.7. The molecule has 0 amide bonds. The Balaban J connectivity index is 5.36. The summed E-state index contributed by atoms with van der Waals surface area (Å²) in [5.41, 5.74) is -0.599. The summed E-state index contributed by atoms with van der Waals surface area (Å²) in [6, 6.07) is 0. The van der Waals surface area contributed by atoms with Crippen molar-refractivity contribution in [2.45, 2.75) is 104 Å². The molecule has 0 spiro atoms. The van der Waals surface area contributed by atoms with Gasteiger partial charge in [-0.1, -0.05) is 27.7 Å². The first-order chi connectivity index (χ1) is 13.5. The van der Waals surface area contributed by atoms with E-state index in [4.69, 9.17) is 18.6 Å². The Morgan fingerprint density at radius 2 is 1.47 bits per heavy atom. The molecule has 4 atom stereocenters. The molecule has 7 nitrogen and oxygen atoms in total. The molecule has 0 saturated heterocycles. The molecule has 8 heteroatoms. The molecule has 180 valence electrons. The zero-order valence-electron chi connectivity index (χ0n) is 20.9. The second-order valence-electron chi connectivity index (χ2n) is 10.7. The van der Waals surface area contributed by atoms with Gasteiger partial charge in [-0.15, -0.1) is 0 Å². The number of carbonyl (C=O) groups excluding carboxylic acids is 1. The lowest BCUT2D eigenvalue weighted by molar-refractivity contribution is -0.155. The minimum Gasteiger partial charge on any atom is -0.465 e. The number of rotatable bonds is 12. The third kappa shape index (κ3) is 9.32. The van der Waals surface area contributed by atoms with Crippen LogP contribution in [-0.4, -0.2) is 69.9 Å². The smallest absolute Gasteiger partial charge is 0.311 e. The highest BCUT2D eigenvalue weighted by Crippen LogP contribution is 2.38. The molecular formula is C22H46O7Si. The average molecular weight is 451 g/mol. The van der Waals surface area contributed by atoms with Gasteiger partial charge < -0.3 is 28.8 Å². The van der Waals surface area contributed by atoms with Crippen LogP contribution in [0.3, 0.4) is 0 Å². The summed E-state index contributed by atoms with van der Waals surface area (Å²) in [4.78, 5) is 12.1. The summed E-state index contributed by atoms with van der Waals surface area (Å²) in [6.45, 7) is 17.9. The van der Waals surface area contributed by atoms with Crippen LogP contribution in [0.5, 0.6) is 0 Å². The minimum atomic E-state index is -2.23. The maximum absolute atomic E-state index is 12.1. The summed E-state index contributed by atoms with van der Waals surface area (Å²) in [7, 11) is 0.845. The molecule has 2 N–H and O–H groups in total. The number of hydrogen-bond acceptors (Lipinski definition) is 7. The van der Waals surface area contributed by atoms with Gasteiger partial charge >= 0.3 is 5.97 Å². The summed E-state index contributed by atoms with van der Waals surface area (Å²) in [5.74, 6) is -0.590. The molecule has 0 aliphatic carbocycles. The zero-order valence-corrected chi connectivity index (χ0v) is 21.9. The van der Waals surface area contributed by atoms with Gasteiger partial charge in [-0.25, -0.2) is 0 Å². The SMILES string of the molecule is COC(C[C@@H](C)[C@H](O)[C@@H](O)[C@@H](CCOC(=O)C(C)(C)C)O[Si](C)(C)C(C)(C)C)OC. The van der Waals surface area contributed by atoms with Crippen LogP contribution < -0.4 is 0 Å². The summed E-state index contributed by atoms with van der Waals surface area (Å²) < 4.78 is 22.3. The average Bonchev–Trinajstić information content (AvgIpc) is 2.61. The van der Waals surface area contributed by atoms with Crippen molar-refractivity contribution in [3.63, 3.8) is 0 Å². The molecule has 0 fully saturated rings. The fraction of sp³-hybridized carbons (Fsp3) is 0.955. The van der Waals surface area contributed by atoms with Crippen LogP contribution >= 0.6 is 0 Å². The molecule has 0 aliphatic heterocycles. The molecule has 0 rings (SSSR count). The van der Waals surface area contributed by atoms with E-state index in [0.29, 0.717) is 12.8 Å². The van der Waals surface area contributed by atoms with Gasteiger partial charge in [-0.05, 0) is 44.8 Å². The van der Waals surface area contributed by atoms with E-state index in [1.807, 2.05) is 6.92 Å². The largest absolute Gasteiger partial charge is 0.465 e. The normalized spacial score (nSPS) is 17.5. The molecule has 0 bridgehead atoms. The lowest BCUT2D eigenvalue weighted by Gasteiger charge is -2.42. The van der Waals surface area contributed by atoms with Crippen molar-refractivity contribution in [2.24, 2.45) is 11.3 Å². The Morgan fingerprint density at radius 3 is 1.87 bits per heavy atom. The van der Waals surface area contributed by atoms with Gasteiger partial charge in [0.15, 0.2) is 14.6 Å². The molecule has 0 unspecified atom stereocenters. The van der Waals surface area contributed by atoms with Gasteiger partial charge in [-0.2, -0.15) is 0 Å². The van der Waals surface area contributed by atoms with E-state index >= 15 is 0 Å². The number of aliphatic hydroxyl groups is 2. The first-order valence-electron chi connectivity index (χ1n) is 10.7. The summed E-state index contributed by atoms with van der Waals surface area (Å²) >= 11 is 0. The molecule has 0 aromatic carbocycles.